The monoisotopic (exact) mass is 456 g/mol. The molecular formula is C24H13BrN2O3. The van der Waals surface area contributed by atoms with Gasteiger partial charge < -0.3 is 4.42 Å². The van der Waals surface area contributed by atoms with E-state index in [4.69, 9.17) is 4.42 Å². The minimum absolute atomic E-state index is 0.171. The summed E-state index contributed by atoms with van der Waals surface area (Å²) in [4.78, 5) is 26.6. The maximum absolute atomic E-state index is 12.6. The molecule has 0 atom stereocenters. The van der Waals surface area contributed by atoms with Gasteiger partial charge in [0, 0.05) is 16.3 Å². The molecule has 0 aliphatic carbocycles. The van der Waals surface area contributed by atoms with Crippen LogP contribution in [0.1, 0.15) is 31.8 Å². The quantitative estimate of drug-likeness (QED) is 0.379. The van der Waals surface area contributed by atoms with Crippen LogP contribution in [0.5, 0.6) is 0 Å². The second-order valence-corrected chi connectivity index (χ2v) is 7.70. The van der Waals surface area contributed by atoms with Gasteiger partial charge in [0.25, 0.3) is 11.8 Å². The molecule has 6 heteroatoms. The third kappa shape index (κ3) is 2.75. The Morgan fingerprint density at radius 1 is 0.867 bits per heavy atom. The van der Waals surface area contributed by atoms with E-state index in [-0.39, 0.29) is 18.4 Å². The van der Waals surface area contributed by atoms with Crippen LogP contribution in [0.25, 0.3) is 22.1 Å². The number of benzene rings is 3. The topological polar surface area (TPSA) is 74.3 Å². The second-order valence-electron chi connectivity index (χ2n) is 6.98. The van der Waals surface area contributed by atoms with Gasteiger partial charge in [-0.25, -0.2) is 0 Å². The third-order valence-corrected chi connectivity index (χ3v) is 5.83. The standard InChI is InChI=1S/C24H13BrN2O3/c25-22-20-11-14(13-27-23(28)18-7-3-4-8-19(18)24(27)29)9-10-17(20)21(30-22)16-6-2-1-5-15(16)12-26/h1-11H,13H2. The van der Waals surface area contributed by atoms with Gasteiger partial charge in [-0.1, -0.05) is 36.4 Å². The molecule has 0 saturated carbocycles. The van der Waals surface area contributed by atoms with Crippen molar-refractivity contribution in [2.24, 2.45) is 0 Å². The lowest BCUT2D eigenvalue weighted by Gasteiger charge is -2.14. The molecule has 144 valence electrons. The first-order valence-electron chi connectivity index (χ1n) is 9.24. The Kier molecular flexibility index (Phi) is 4.27. The molecule has 0 radical (unpaired) electrons. The average Bonchev–Trinajstić information content (AvgIpc) is 3.23. The summed E-state index contributed by atoms with van der Waals surface area (Å²) < 4.78 is 6.46. The zero-order chi connectivity index (χ0) is 20.8. The van der Waals surface area contributed by atoms with E-state index >= 15 is 0 Å². The van der Waals surface area contributed by atoms with Crippen LogP contribution in [-0.4, -0.2) is 16.7 Å². The van der Waals surface area contributed by atoms with Gasteiger partial charge in [-0.3, -0.25) is 14.5 Å². The maximum atomic E-state index is 12.6. The molecule has 2 heterocycles. The molecule has 1 aliphatic heterocycles. The van der Waals surface area contributed by atoms with Crippen LogP contribution in [0.2, 0.25) is 0 Å². The molecule has 0 fully saturated rings. The summed E-state index contributed by atoms with van der Waals surface area (Å²) in [6, 6.07) is 21.9. The average molecular weight is 457 g/mol. The Morgan fingerprint density at radius 3 is 2.17 bits per heavy atom. The number of nitrogens with zero attached hydrogens (tertiary/aromatic N) is 2. The van der Waals surface area contributed by atoms with Crippen LogP contribution in [0.15, 0.2) is 75.8 Å². The highest BCUT2D eigenvalue weighted by Gasteiger charge is 2.35. The molecule has 1 aliphatic rings. The Balaban J connectivity index is 1.53. The van der Waals surface area contributed by atoms with E-state index in [9.17, 15) is 14.9 Å². The van der Waals surface area contributed by atoms with Crippen molar-refractivity contribution in [2.45, 2.75) is 6.54 Å². The molecular weight excluding hydrogens is 444 g/mol. The lowest BCUT2D eigenvalue weighted by atomic mass is 10.0. The maximum Gasteiger partial charge on any atom is 0.261 e. The summed E-state index contributed by atoms with van der Waals surface area (Å²) in [7, 11) is 0. The fourth-order valence-electron chi connectivity index (χ4n) is 3.79. The predicted molar refractivity (Wildman–Crippen MR) is 115 cm³/mol. The molecule has 1 aromatic heterocycles. The lowest BCUT2D eigenvalue weighted by molar-refractivity contribution is 0.0642. The van der Waals surface area contributed by atoms with Gasteiger partial charge >= 0.3 is 0 Å². The van der Waals surface area contributed by atoms with Gasteiger partial charge in [0.1, 0.15) is 5.76 Å². The number of amides is 2. The molecule has 30 heavy (non-hydrogen) atoms. The summed E-state index contributed by atoms with van der Waals surface area (Å²) >= 11 is 3.46. The zero-order valence-electron chi connectivity index (χ0n) is 15.6. The van der Waals surface area contributed by atoms with Gasteiger partial charge in [-0.15, -0.1) is 0 Å². The molecule has 0 spiro atoms. The largest absolute Gasteiger partial charge is 0.448 e. The van der Waals surface area contributed by atoms with Gasteiger partial charge in [0.05, 0.1) is 29.3 Å². The van der Waals surface area contributed by atoms with Crippen LogP contribution in [0, 0.1) is 11.3 Å². The third-order valence-electron chi connectivity index (χ3n) is 5.24. The highest BCUT2D eigenvalue weighted by molar-refractivity contribution is 9.10. The van der Waals surface area contributed by atoms with Crippen molar-refractivity contribution in [3.63, 3.8) is 0 Å². The fraction of sp³-hybridized carbons (Fsp3) is 0.0417. The first kappa shape index (κ1) is 18.3. The second kappa shape index (κ2) is 6.97. The van der Waals surface area contributed by atoms with Crippen molar-refractivity contribution >= 4 is 38.5 Å². The van der Waals surface area contributed by atoms with Crippen LogP contribution < -0.4 is 0 Å². The van der Waals surface area contributed by atoms with Crippen molar-refractivity contribution in [1.29, 1.82) is 5.26 Å². The molecule has 5 nitrogen and oxygen atoms in total. The number of carbonyl (C=O) groups excluding carboxylic acids is 2. The fourth-order valence-corrected chi connectivity index (χ4v) is 4.28. The van der Waals surface area contributed by atoms with E-state index in [2.05, 4.69) is 22.0 Å². The van der Waals surface area contributed by atoms with Crippen molar-refractivity contribution in [3.8, 4) is 17.4 Å². The highest BCUT2D eigenvalue weighted by Crippen LogP contribution is 2.38. The van der Waals surface area contributed by atoms with E-state index in [1.54, 1.807) is 30.3 Å². The number of hydrogen-bond donors (Lipinski definition) is 0. The number of carbonyl (C=O) groups is 2. The van der Waals surface area contributed by atoms with Gasteiger partial charge in [0.2, 0.25) is 0 Å². The number of nitriles is 1. The molecule has 0 bridgehead atoms. The minimum atomic E-state index is -0.286. The van der Waals surface area contributed by atoms with Crippen LogP contribution in [0.3, 0.4) is 0 Å². The molecule has 0 unspecified atom stereocenters. The summed E-state index contributed by atoms with van der Waals surface area (Å²) in [5, 5.41) is 11.1. The van der Waals surface area contributed by atoms with Crippen molar-refractivity contribution in [2.75, 3.05) is 0 Å². The summed E-state index contributed by atoms with van der Waals surface area (Å²) in [5.41, 5.74) is 2.91. The summed E-state index contributed by atoms with van der Waals surface area (Å²) in [6.07, 6.45) is 0. The van der Waals surface area contributed by atoms with Gasteiger partial charge in [-0.2, -0.15) is 5.26 Å². The smallest absolute Gasteiger partial charge is 0.261 e. The molecule has 5 rings (SSSR count). The first-order valence-corrected chi connectivity index (χ1v) is 10.0. The number of furan rings is 1. The Bertz CT molecular complexity index is 1360. The van der Waals surface area contributed by atoms with E-state index < -0.39 is 0 Å². The Hall–Kier alpha value is -3.69. The van der Waals surface area contributed by atoms with Crippen LogP contribution in [-0.2, 0) is 6.54 Å². The van der Waals surface area contributed by atoms with E-state index in [1.807, 2.05) is 36.4 Å². The SMILES string of the molecule is N#Cc1ccccc1-c1oc(Br)c2cc(CN3C(=O)c4ccccc4C3=O)ccc12. The predicted octanol–water partition coefficient (Wildman–Crippen LogP) is 5.53. The van der Waals surface area contributed by atoms with E-state index in [0.29, 0.717) is 32.7 Å². The Morgan fingerprint density at radius 2 is 1.50 bits per heavy atom. The van der Waals surface area contributed by atoms with Crippen molar-refractivity contribution in [3.05, 3.63) is 93.7 Å². The Labute approximate surface area is 180 Å². The molecule has 0 N–H and O–H groups in total. The molecule has 3 aromatic carbocycles. The number of fused-ring (bicyclic) bond motifs is 2. The van der Waals surface area contributed by atoms with E-state index in [1.165, 1.54) is 4.90 Å². The number of rotatable bonds is 3. The van der Waals surface area contributed by atoms with Crippen molar-refractivity contribution < 1.29 is 14.0 Å². The number of hydrogen-bond acceptors (Lipinski definition) is 4. The minimum Gasteiger partial charge on any atom is -0.448 e. The first-order chi connectivity index (χ1) is 14.6. The summed E-state index contributed by atoms with van der Waals surface area (Å²) in [5.74, 6) is 0.0255. The number of halogens is 1. The van der Waals surface area contributed by atoms with Crippen LogP contribution >= 0.6 is 15.9 Å². The molecule has 0 saturated heterocycles. The van der Waals surface area contributed by atoms with Crippen molar-refractivity contribution in [1.82, 2.24) is 4.90 Å². The van der Waals surface area contributed by atoms with E-state index in [0.717, 1.165) is 16.3 Å². The zero-order valence-corrected chi connectivity index (χ0v) is 17.1. The normalized spacial score (nSPS) is 13.0. The van der Waals surface area contributed by atoms with Gasteiger partial charge in [-0.05, 0) is 51.8 Å². The van der Waals surface area contributed by atoms with Gasteiger partial charge in [0.15, 0.2) is 4.67 Å². The number of imide groups is 1. The van der Waals surface area contributed by atoms with Crippen LogP contribution in [0.4, 0.5) is 0 Å². The lowest BCUT2D eigenvalue weighted by Crippen LogP contribution is -2.29. The summed E-state index contributed by atoms with van der Waals surface area (Å²) in [6.45, 7) is 0.171. The highest BCUT2D eigenvalue weighted by atomic mass is 79.9. The molecule has 4 aromatic rings. The molecule has 2 amide bonds.